The SMILES string of the molecule is N.O=C([O-])C(CCCCCOCC12CC3CC(CC(C3)C1)C2)C(=O)[O-].OC[C@H]1O[C@@H]2O[C@H]3[C@H](O)[C@@H](O)[C@@H](O[C@H]4[C@H](O)[C@@H](O)[C@@H](O[C@H]5[C@H](O)[C@@H](O)[C@@H](O[C@H]6[C@H](O)[C@@H](O)[C@@H](O[C@H]7[C@H](O)[C@@H](O)[C@@H](O[C@H]8[C@H](O)[C@@H](O)[C@@H](O[C@H]1[C@H](O)[C@H]2O)O[C@@H]8CO)O[C@@H]7CO)O[C@@H]6CO)O[C@@H]5CO)O[C@@H]4CO)O[C@@H]3CO.[Pt+2]. The van der Waals surface area contributed by atoms with Crippen LogP contribution in [-0.4, -0.2) is 394 Å². The minimum Gasteiger partial charge on any atom is -0.549 e. The van der Waals surface area contributed by atoms with E-state index in [-0.39, 0.29) is 33.6 Å². The first-order chi connectivity index (χ1) is 48.1. The second-order valence-corrected chi connectivity index (χ2v) is 28.2. The zero-order chi connectivity index (χ0) is 73.2. The van der Waals surface area contributed by atoms with E-state index in [1.54, 1.807) is 0 Å². The molecule has 0 aromatic heterocycles. The summed E-state index contributed by atoms with van der Waals surface area (Å²) in [5.41, 5.74) is 0.434. The molecule has 4 aliphatic carbocycles. The number of ether oxygens (including phenoxy) is 15. The molecule has 35 atom stereocenters. The Morgan fingerprint density at radius 2 is 0.534 bits per heavy atom. The number of carbonyl (C=O) groups is 2. The second-order valence-electron chi connectivity index (χ2n) is 28.2. The maximum Gasteiger partial charge on any atom is 2.00 e. The van der Waals surface area contributed by atoms with Gasteiger partial charge >= 0.3 is 21.1 Å². The number of rotatable bonds is 17. The molecule has 25 rings (SSSR count). The molecule has 21 saturated heterocycles. The summed E-state index contributed by atoms with van der Waals surface area (Å²) >= 11 is 0. The first kappa shape index (κ1) is 86.7. The Balaban J connectivity index is 0.000000435. The van der Waals surface area contributed by atoms with Crippen LogP contribution in [0.5, 0.6) is 0 Å². The van der Waals surface area contributed by atoms with E-state index >= 15 is 0 Å². The molecule has 25 aliphatic rings. The van der Waals surface area contributed by atoms with Crippen LogP contribution in [0.2, 0.25) is 0 Å². The molecule has 0 spiro atoms. The van der Waals surface area contributed by atoms with E-state index in [1.165, 1.54) is 38.5 Å². The minimum absolute atomic E-state index is 0. The first-order valence-corrected chi connectivity index (χ1v) is 34.1. The van der Waals surface area contributed by atoms with Crippen molar-refractivity contribution in [3.8, 4) is 0 Å². The Hall–Kier alpha value is -1.85. The van der Waals surface area contributed by atoms with E-state index in [1.807, 2.05) is 0 Å². The molecule has 0 radical (unpaired) electrons. The van der Waals surface area contributed by atoms with Crippen molar-refractivity contribution in [1.82, 2.24) is 6.15 Å². The number of aliphatic hydroxyl groups is 21. The molecule has 24 N–H and O–H groups in total. The summed E-state index contributed by atoms with van der Waals surface area (Å²) < 4.78 is 85.4. The third-order valence-corrected chi connectivity index (χ3v) is 21.2. The van der Waals surface area contributed by atoms with Crippen LogP contribution in [-0.2, 0) is 102 Å². The van der Waals surface area contributed by atoms with Crippen LogP contribution in [0.15, 0.2) is 0 Å². The van der Waals surface area contributed by atoms with Crippen LogP contribution < -0.4 is 16.4 Å². The summed E-state index contributed by atoms with van der Waals surface area (Å²) in [6, 6.07) is 0. The van der Waals surface area contributed by atoms with Gasteiger partial charge in [-0.15, -0.1) is 0 Å². The van der Waals surface area contributed by atoms with Gasteiger partial charge in [-0.2, -0.15) is 0 Å². The van der Waals surface area contributed by atoms with Crippen molar-refractivity contribution in [1.29, 1.82) is 0 Å². The third kappa shape index (κ3) is 18.9. The predicted octanol–water partition coefficient (Wildman–Crippen LogP) is -14.2. The molecule has 18 bridgehead atoms. The average molecular weight is 1680 g/mol. The quantitative estimate of drug-likeness (QED) is 0.0475. The average Bonchev–Trinajstić information content (AvgIpc) is 0.865. The van der Waals surface area contributed by atoms with Crippen molar-refractivity contribution in [2.75, 3.05) is 59.5 Å². The molecular formula is C61H101NO40Pt. The van der Waals surface area contributed by atoms with Crippen molar-refractivity contribution in [3.05, 3.63) is 0 Å². The smallest absolute Gasteiger partial charge is 0.549 e. The molecule has 103 heavy (non-hydrogen) atoms. The topological polar surface area (TPSA) is 679 Å². The van der Waals surface area contributed by atoms with Crippen molar-refractivity contribution >= 4 is 11.9 Å². The maximum atomic E-state index is 11.3. The zero-order valence-corrected chi connectivity index (χ0v) is 57.9. The van der Waals surface area contributed by atoms with Gasteiger partial charge in [0, 0.05) is 12.5 Å². The van der Waals surface area contributed by atoms with E-state index in [4.69, 9.17) is 71.1 Å². The van der Waals surface area contributed by atoms with E-state index in [0.717, 1.165) is 37.2 Å². The van der Waals surface area contributed by atoms with E-state index in [0.29, 0.717) is 18.4 Å². The molecule has 0 unspecified atom stereocenters. The number of hydrogen-bond donors (Lipinski definition) is 22. The fourth-order valence-corrected chi connectivity index (χ4v) is 16.2. The maximum absolute atomic E-state index is 11.3. The fourth-order valence-electron chi connectivity index (χ4n) is 16.2. The van der Waals surface area contributed by atoms with Crippen LogP contribution in [0.4, 0.5) is 0 Å². The van der Waals surface area contributed by atoms with E-state index in [9.17, 15) is 127 Å². The Morgan fingerprint density at radius 1 is 0.330 bits per heavy atom. The number of carboxylic acid groups (broad SMARTS) is 2. The van der Waals surface area contributed by atoms with Gasteiger partial charge in [0.15, 0.2) is 44.0 Å². The molecule has 0 aromatic rings. The standard InChI is InChI=1S/C42H70O35.C19H30O5.H3N.Pt/c43-1-8-29-15(50)22(57)36(64-8)72-30-9(2-44)66-38(24(59)17(30)52)74-32-11(4-46)68-40(26(61)19(32)54)76-34-13(6-48)70-42(28(63)21(34)56)77-35-14(7-49)69-41(27(62)20(35)55)75-33-12(5-47)67-39(25(60)18(33)53)73-31-10(3-45)65-37(71-29)23(58)16(31)51;20-17(21)16(18(22)23)4-2-1-3-5-24-12-19-9-13-6-14(10-19)8-15(7-13)11-19;;/h8-63H,1-7H2;13-16H,1-12H2,(H,20,21)(H,22,23);1H3;/q;;;+2/p-2/t8-,9-,10-,11-,12-,13-,14-,15-,16-,17-,18-,19-,20-,21-,22-,23-,24-,25-,26-,27-,28-,29-,30-,31-,32-,33-,34-,35-,36-,37-,38-,39-,40-,41-,42-;;;/m1.../s1. The molecule has 42 heteroatoms. The van der Waals surface area contributed by atoms with Crippen molar-refractivity contribution < 1.29 is 219 Å². The van der Waals surface area contributed by atoms with E-state index < -0.39 is 279 Å². The predicted molar refractivity (Wildman–Crippen MR) is 317 cm³/mol. The number of carbonyl (C=O) groups excluding carboxylic acids is 2. The number of aliphatic carboxylic acids is 2. The van der Waals surface area contributed by atoms with Gasteiger partial charge in [-0.25, -0.2) is 0 Å². The Morgan fingerprint density at radius 3 is 0.718 bits per heavy atom. The molecule has 21 heterocycles. The van der Waals surface area contributed by atoms with Crippen molar-refractivity contribution in [2.24, 2.45) is 29.1 Å². The number of aliphatic hydroxyl groups excluding tert-OH is 21. The zero-order valence-electron chi connectivity index (χ0n) is 55.6. The molecule has 4 saturated carbocycles. The van der Waals surface area contributed by atoms with Gasteiger partial charge in [0.2, 0.25) is 0 Å². The van der Waals surface area contributed by atoms with Gasteiger partial charge in [0.1, 0.15) is 171 Å². The van der Waals surface area contributed by atoms with Crippen molar-refractivity contribution in [2.45, 2.75) is 279 Å². The van der Waals surface area contributed by atoms with Gasteiger partial charge in [-0.1, -0.05) is 12.8 Å². The van der Waals surface area contributed by atoms with Gasteiger partial charge in [-0.3, -0.25) is 0 Å². The van der Waals surface area contributed by atoms with Crippen LogP contribution in [0, 0.1) is 29.1 Å². The summed E-state index contributed by atoms with van der Waals surface area (Å²) in [5.74, 6) is -1.78. The van der Waals surface area contributed by atoms with Gasteiger partial charge in [-0.05, 0) is 74.5 Å². The Labute approximate surface area is 602 Å². The van der Waals surface area contributed by atoms with E-state index in [2.05, 4.69) is 0 Å². The van der Waals surface area contributed by atoms with Crippen LogP contribution in [0.25, 0.3) is 0 Å². The molecule has 41 nitrogen and oxygen atoms in total. The molecule has 21 aliphatic heterocycles. The Kier molecular flexibility index (Phi) is 31.9. The molecule has 25 fully saturated rings. The molecule has 0 aromatic carbocycles. The van der Waals surface area contributed by atoms with Gasteiger partial charge in [0.25, 0.3) is 0 Å². The van der Waals surface area contributed by atoms with Crippen LogP contribution in [0.1, 0.15) is 64.2 Å². The summed E-state index contributed by atoms with van der Waals surface area (Å²) in [6.07, 6.45) is -59.6. The van der Waals surface area contributed by atoms with Crippen LogP contribution >= 0.6 is 0 Å². The number of unbranched alkanes of at least 4 members (excludes halogenated alkanes) is 2. The summed E-state index contributed by atoms with van der Waals surface area (Å²) in [6.45, 7) is -5.77. The molecule has 600 valence electrons. The van der Waals surface area contributed by atoms with Gasteiger partial charge in [0.05, 0.1) is 64.8 Å². The Bertz CT molecular complexity index is 2190. The summed E-state index contributed by atoms with van der Waals surface area (Å²) in [4.78, 5) is 21.3. The summed E-state index contributed by atoms with van der Waals surface area (Å²) in [5, 5.41) is 252. The molecule has 0 amide bonds. The summed E-state index contributed by atoms with van der Waals surface area (Å²) in [7, 11) is 0. The van der Waals surface area contributed by atoms with Gasteiger partial charge < -0.3 is 204 Å². The molecular weight excluding hydrogens is 1580 g/mol. The monoisotopic (exact) mass is 1680 g/mol. The first-order valence-electron chi connectivity index (χ1n) is 34.1. The number of hydrogen-bond acceptors (Lipinski definition) is 41. The largest absolute Gasteiger partial charge is 2.00 e. The second kappa shape index (κ2) is 37.9. The normalized spacial score (nSPS) is 49.3. The third-order valence-electron chi connectivity index (χ3n) is 21.2. The van der Waals surface area contributed by atoms with Crippen molar-refractivity contribution in [3.63, 3.8) is 0 Å². The number of carboxylic acids is 2. The van der Waals surface area contributed by atoms with Crippen LogP contribution in [0.3, 0.4) is 0 Å². The fraction of sp³-hybridized carbons (Fsp3) is 0.967. The minimum atomic E-state index is -2.21.